The Hall–Kier alpha value is -0.110. The first-order valence-corrected chi connectivity index (χ1v) is 6.51. The Morgan fingerprint density at radius 2 is 1.79 bits per heavy atom. The Bertz CT molecular complexity index is 366. The van der Waals surface area contributed by atoms with Crippen LogP contribution in [0.3, 0.4) is 0 Å². The van der Waals surface area contributed by atoms with Crippen molar-refractivity contribution in [1.29, 1.82) is 0 Å². The average Bonchev–Trinajstić information content (AvgIpc) is 2.39. The van der Waals surface area contributed by atoms with Crippen LogP contribution < -0.4 is 50.2 Å². The normalized spacial score (nSPS) is 13.6. The number of piperazine rings is 1. The molecule has 1 saturated heterocycles. The van der Waals surface area contributed by atoms with Crippen molar-refractivity contribution in [2.24, 2.45) is 5.73 Å². The van der Waals surface area contributed by atoms with Crippen LogP contribution in [0.2, 0.25) is 0 Å². The third-order valence-corrected chi connectivity index (χ3v) is 2.55. The summed E-state index contributed by atoms with van der Waals surface area (Å²) in [5.41, 5.74) is 5.94. The fourth-order valence-corrected chi connectivity index (χ4v) is 1.72. The molecular weight excluding hydrogens is 289 g/mol. The van der Waals surface area contributed by atoms with Gasteiger partial charge < -0.3 is 45.5 Å². The maximum Gasteiger partial charge on any atom is 1.00 e. The minimum Gasteiger partial charge on any atom is -0.497 e. The van der Waals surface area contributed by atoms with Gasteiger partial charge in [-0.05, 0) is 24.3 Å². The van der Waals surface area contributed by atoms with E-state index in [9.17, 15) is 0 Å². The van der Waals surface area contributed by atoms with Crippen molar-refractivity contribution in [3.05, 3.63) is 24.3 Å². The van der Waals surface area contributed by atoms with E-state index < -0.39 is 0 Å². The van der Waals surface area contributed by atoms with Crippen LogP contribution in [0.1, 0.15) is 0 Å². The molecule has 0 amide bonds. The second-order valence-electron chi connectivity index (χ2n) is 3.75. The van der Waals surface area contributed by atoms with Crippen molar-refractivity contribution < 1.29 is 34.3 Å². The number of nitrogens with two attached hydrogens (primary N) is 1. The van der Waals surface area contributed by atoms with E-state index >= 15 is 0 Å². The van der Waals surface area contributed by atoms with Crippen LogP contribution in [0.15, 0.2) is 24.3 Å². The van der Waals surface area contributed by atoms with Crippen molar-refractivity contribution in [2.45, 2.75) is 0 Å². The number of hydrogen-bond acceptors (Lipinski definition) is 5. The van der Waals surface area contributed by atoms with Gasteiger partial charge in [-0.2, -0.15) is 0 Å². The molecule has 2 rings (SSSR count). The summed E-state index contributed by atoms with van der Waals surface area (Å²) >= 11 is 8.26. The minimum atomic E-state index is 0. The van der Waals surface area contributed by atoms with E-state index in [0.29, 0.717) is 0 Å². The first-order chi connectivity index (χ1) is 8.63. The molecule has 3 N–H and O–H groups in total. The van der Waals surface area contributed by atoms with Crippen LogP contribution >= 0.6 is 12.2 Å². The molecule has 4 nitrogen and oxygen atoms in total. The van der Waals surface area contributed by atoms with Crippen molar-refractivity contribution in [1.82, 2.24) is 5.32 Å². The van der Waals surface area contributed by atoms with Gasteiger partial charge in [0.05, 0.1) is 7.11 Å². The Labute approximate surface area is 147 Å². The van der Waals surface area contributed by atoms with E-state index in [0.717, 1.165) is 31.9 Å². The van der Waals surface area contributed by atoms with Gasteiger partial charge in [0, 0.05) is 31.9 Å². The number of nitrogens with one attached hydrogen (secondary N) is 1. The summed E-state index contributed by atoms with van der Waals surface area (Å²) in [5.74, 6) is 0.920. The number of rotatable bonds is 2. The summed E-state index contributed by atoms with van der Waals surface area (Å²) in [7, 11) is 1.69. The molecule has 100 valence electrons. The molecule has 0 bridgehead atoms. The van der Waals surface area contributed by atoms with Gasteiger partial charge in [0.1, 0.15) is 5.75 Å². The van der Waals surface area contributed by atoms with Gasteiger partial charge in [0.2, 0.25) is 0 Å². The monoisotopic (exact) mass is 307 g/mol. The smallest absolute Gasteiger partial charge is 0.497 e. The summed E-state index contributed by atoms with van der Waals surface area (Å²) in [5, 5.41) is 3.34. The Morgan fingerprint density at radius 3 is 2.21 bits per heavy atom. The molecule has 0 unspecified atom stereocenters. The Kier molecular flexibility index (Phi) is 10.6. The maximum atomic E-state index is 5.13. The van der Waals surface area contributed by atoms with Crippen LogP contribution in [0.4, 0.5) is 5.69 Å². The first kappa shape index (κ1) is 18.9. The molecule has 1 heterocycles. The van der Waals surface area contributed by atoms with Crippen molar-refractivity contribution in [3.63, 3.8) is 0 Å². The minimum absolute atomic E-state index is 0. The Morgan fingerprint density at radius 1 is 1.32 bits per heavy atom. The standard InChI is InChI=1S/C11H16N2O.CH3NS2.Na/c1-14-11-4-2-10(3-5-11)13-8-6-12-7-9-13;2-1(3)4;/h2-5,12H,6-9H2,1H3;(H3,2,3,4);/q;;+1/p-1. The predicted octanol–water partition coefficient (Wildman–Crippen LogP) is -2.11. The topological polar surface area (TPSA) is 50.5 Å². The molecule has 1 aliphatic rings. The molecule has 0 aliphatic carbocycles. The van der Waals surface area contributed by atoms with Gasteiger partial charge >= 0.3 is 29.6 Å². The Balaban J connectivity index is 0.000000576. The molecular formula is C12H18N3NaOS2. The van der Waals surface area contributed by atoms with Crippen molar-refractivity contribution >= 4 is 34.9 Å². The number of ether oxygens (including phenoxy) is 1. The van der Waals surface area contributed by atoms with Gasteiger partial charge in [-0.3, -0.25) is 0 Å². The van der Waals surface area contributed by atoms with Crippen LogP contribution in [0.5, 0.6) is 5.75 Å². The number of hydrogen-bond donors (Lipinski definition) is 2. The molecule has 1 fully saturated rings. The molecule has 0 spiro atoms. The van der Waals surface area contributed by atoms with Crippen molar-refractivity contribution in [2.75, 3.05) is 38.2 Å². The van der Waals surface area contributed by atoms with Crippen LogP contribution in [0, 0.1) is 0 Å². The number of benzene rings is 1. The van der Waals surface area contributed by atoms with Gasteiger partial charge in [0.25, 0.3) is 0 Å². The zero-order valence-electron chi connectivity index (χ0n) is 11.4. The molecule has 19 heavy (non-hydrogen) atoms. The van der Waals surface area contributed by atoms with E-state index in [1.54, 1.807) is 7.11 Å². The van der Waals surface area contributed by atoms with E-state index in [-0.39, 0.29) is 33.9 Å². The fourth-order valence-electron chi connectivity index (χ4n) is 1.72. The molecule has 0 saturated carbocycles. The second-order valence-corrected chi connectivity index (χ2v) is 4.89. The number of nitrogens with zero attached hydrogens (tertiary/aromatic N) is 1. The first-order valence-electron chi connectivity index (χ1n) is 5.69. The number of methoxy groups -OCH3 is 1. The average molecular weight is 307 g/mol. The summed E-state index contributed by atoms with van der Waals surface area (Å²) in [4.78, 5) is 2.38. The molecule has 1 aromatic rings. The largest absolute Gasteiger partial charge is 1.00 e. The van der Waals surface area contributed by atoms with E-state index in [1.807, 2.05) is 12.1 Å². The third-order valence-electron chi connectivity index (χ3n) is 2.55. The van der Waals surface area contributed by atoms with Gasteiger partial charge in [-0.25, -0.2) is 0 Å². The molecule has 7 heteroatoms. The molecule has 0 aromatic heterocycles. The van der Waals surface area contributed by atoms with Gasteiger partial charge in [-0.15, -0.1) is 0 Å². The molecule has 0 atom stereocenters. The second kappa shape index (κ2) is 10.7. The zero-order chi connectivity index (χ0) is 13.4. The third kappa shape index (κ3) is 7.91. The van der Waals surface area contributed by atoms with Crippen molar-refractivity contribution in [3.8, 4) is 5.75 Å². The van der Waals surface area contributed by atoms with E-state index in [1.165, 1.54) is 5.69 Å². The number of anilines is 1. The number of thiocarbonyl (C=S) groups is 1. The fraction of sp³-hybridized carbons (Fsp3) is 0.417. The quantitative estimate of drug-likeness (QED) is 0.370. The van der Waals surface area contributed by atoms with Gasteiger partial charge in [0.15, 0.2) is 0 Å². The van der Waals surface area contributed by atoms with Gasteiger partial charge in [-0.1, -0.05) is 4.32 Å². The summed E-state index contributed by atoms with van der Waals surface area (Å²) in [6, 6.07) is 8.25. The molecule has 1 aliphatic heterocycles. The van der Waals surface area contributed by atoms with Crippen LogP contribution in [-0.2, 0) is 12.6 Å². The van der Waals surface area contributed by atoms with Crippen LogP contribution in [0.25, 0.3) is 0 Å². The summed E-state index contributed by atoms with van der Waals surface area (Å²) < 4.78 is 5.21. The maximum absolute atomic E-state index is 5.13. The SMILES string of the molecule is COc1ccc(N2CCNCC2)cc1.NC(=S)[S-].[Na+]. The zero-order valence-corrected chi connectivity index (χ0v) is 15.0. The molecule has 1 aromatic carbocycles. The summed E-state index contributed by atoms with van der Waals surface area (Å²) in [6.07, 6.45) is 0. The molecule has 0 radical (unpaired) electrons. The van der Waals surface area contributed by atoms with E-state index in [2.05, 4.69) is 52.9 Å². The van der Waals surface area contributed by atoms with Crippen LogP contribution in [-0.4, -0.2) is 37.6 Å². The van der Waals surface area contributed by atoms with E-state index in [4.69, 9.17) is 4.74 Å². The summed E-state index contributed by atoms with van der Waals surface area (Å²) in [6.45, 7) is 4.33. The predicted molar refractivity (Wildman–Crippen MR) is 82.2 cm³/mol.